The second-order valence-corrected chi connectivity index (χ2v) is 3.55. The predicted octanol–water partition coefficient (Wildman–Crippen LogP) is 1.98. The molecule has 0 aliphatic heterocycles. The van der Waals surface area contributed by atoms with Gasteiger partial charge in [-0.15, -0.1) is 0 Å². The number of para-hydroxylation sites is 2. The Labute approximate surface area is 82.0 Å². The fourth-order valence-corrected chi connectivity index (χ4v) is 1.62. The third kappa shape index (κ3) is 1.31. The third-order valence-electron chi connectivity index (χ3n) is 2.21. The number of nitrogens with zero attached hydrogens (tertiary/aromatic N) is 2. The summed E-state index contributed by atoms with van der Waals surface area (Å²) in [5, 5.41) is 0. The maximum atomic E-state index is 11.6. The number of fused-ring (bicyclic) bond motifs is 1. The van der Waals surface area contributed by atoms with Gasteiger partial charge in [-0.25, -0.2) is 4.98 Å². The van der Waals surface area contributed by atoms with E-state index < -0.39 is 0 Å². The van der Waals surface area contributed by atoms with Crippen LogP contribution in [-0.4, -0.2) is 9.55 Å². The topological polar surface area (TPSA) is 34.9 Å². The summed E-state index contributed by atoms with van der Waals surface area (Å²) >= 11 is 0. The molecule has 0 unspecified atom stereocenters. The van der Waals surface area contributed by atoms with Gasteiger partial charge in [0.15, 0.2) is 0 Å². The van der Waals surface area contributed by atoms with Gasteiger partial charge in [-0.2, -0.15) is 0 Å². The van der Waals surface area contributed by atoms with Crippen molar-refractivity contribution < 1.29 is 0 Å². The third-order valence-corrected chi connectivity index (χ3v) is 2.21. The minimum Gasteiger partial charge on any atom is -0.303 e. The lowest BCUT2D eigenvalue weighted by Crippen LogP contribution is -2.21. The molecule has 0 aliphatic carbocycles. The molecule has 2 aromatic rings. The van der Waals surface area contributed by atoms with Crippen LogP contribution in [0.4, 0.5) is 0 Å². The SMILES string of the molecule is CC(C)n1c(=O)cnc2ccccc21. The maximum Gasteiger partial charge on any atom is 0.269 e. The first-order valence-electron chi connectivity index (χ1n) is 4.66. The lowest BCUT2D eigenvalue weighted by molar-refractivity contribution is 0.597. The molecular weight excluding hydrogens is 176 g/mol. The van der Waals surface area contributed by atoms with Crippen molar-refractivity contribution in [2.24, 2.45) is 0 Å². The van der Waals surface area contributed by atoms with Crippen LogP contribution >= 0.6 is 0 Å². The van der Waals surface area contributed by atoms with E-state index in [1.807, 2.05) is 38.1 Å². The first-order valence-corrected chi connectivity index (χ1v) is 4.66. The van der Waals surface area contributed by atoms with Gasteiger partial charge in [0.05, 0.1) is 17.2 Å². The largest absolute Gasteiger partial charge is 0.303 e. The lowest BCUT2D eigenvalue weighted by atomic mass is 10.2. The average Bonchev–Trinajstić information content (AvgIpc) is 2.17. The van der Waals surface area contributed by atoms with E-state index in [1.54, 1.807) is 4.57 Å². The number of benzene rings is 1. The second kappa shape index (κ2) is 3.25. The van der Waals surface area contributed by atoms with Crippen molar-refractivity contribution in [2.45, 2.75) is 19.9 Å². The molecule has 1 aromatic carbocycles. The summed E-state index contributed by atoms with van der Waals surface area (Å²) in [5.41, 5.74) is 1.72. The van der Waals surface area contributed by atoms with Crippen molar-refractivity contribution in [2.75, 3.05) is 0 Å². The van der Waals surface area contributed by atoms with E-state index in [4.69, 9.17) is 0 Å². The van der Waals surface area contributed by atoms with Crippen LogP contribution in [0.25, 0.3) is 11.0 Å². The Morgan fingerprint density at radius 3 is 2.71 bits per heavy atom. The standard InChI is InChI=1S/C11H12N2O/c1-8(2)13-10-6-4-3-5-9(10)12-7-11(13)14/h3-8H,1-2H3. The van der Waals surface area contributed by atoms with Gasteiger partial charge in [-0.05, 0) is 26.0 Å². The first kappa shape index (κ1) is 8.94. The summed E-state index contributed by atoms with van der Waals surface area (Å²) < 4.78 is 1.75. The summed E-state index contributed by atoms with van der Waals surface area (Å²) in [6.45, 7) is 3.99. The number of hydrogen-bond donors (Lipinski definition) is 0. The zero-order valence-electron chi connectivity index (χ0n) is 8.27. The fraction of sp³-hybridized carbons (Fsp3) is 0.273. The molecule has 3 heteroatoms. The minimum absolute atomic E-state index is 0.0429. The molecule has 72 valence electrons. The molecule has 0 saturated heterocycles. The molecule has 0 aliphatic rings. The van der Waals surface area contributed by atoms with Gasteiger partial charge in [0.25, 0.3) is 5.56 Å². The van der Waals surface area contributed by atoms with Gasteiger partial charge in [-0.3, -0.25) is 4.79 Å². The molecule has 0 saturated carbocycles. The van der Waals surface area contributed by atoms with Crippen molar-refractivity contribution in [1.29, 1.82) is 0 Å². The van der Waals surface area contributed by atoms with Gasteiger partial charge in [0.2, 0.25) is 0 Å². The van der Waals surface area contributed by atoms with Crippen LogP contribution in [0.1, 0.15) is 19.9 Å². The molecule has 2 rings (SSSR count). The van der Waals surface area contributed by atoms with Crippen LogP contribution in [0.3, 0.4) is 0 Å². The van der Waals surface area contributed by atoms with Crippen molar-refractivity contribution >= 4 is 11.0 Å². The number of aromatic nitrogens is 2. The fourth-order valence-electron chi connectivity index (χ4n) is 1.62. The Morgan fingerprint density at radius 2 is 2.00 bits per heavy atom. The summed E-state index contributed by atoms with van der Waals surface area (Å²) in [7, 11) is 0. The molecule has 0 bridgehead atoms. The van der Waals surface area contributed by atoms with E-state index in [1.165, 1.54) is 6.20 Å². The van der Waals surface area contributed by atoms with Crippen LogP contribution in [-0.2, 0) is 0 Å². The average molecular weight is 188 g/mol. The van der Waals surface area contributed by atoms with Crippen molar-refractivity contribution in [1.82, 2.24) is 9.55 Å². The lowest BCUT2D eigenvalue weighted by Gasteiger charge is -2.12. The molecule has 3 nitrogen and oxygen atoms in total. The van der Waals surface area contributed by atoms with Gasteiger partial charge >= 0.3 is 0 Å². The van der Waals surface area contributed by atoms with Crippen LogP contribution in [0.5, 0.6) is 0 Å². The summed E-state index contributed by atoms with van der Waals surface area (Å²) in [6, 6.07) is 7.83. The van der Waals surface area contributed by atoms with Crippen LogP contribution < -0.4 is 5.56 Å². The Hall–Kier alpha value is -1.64. The van der Waals surface area contributed by atoms with E-state index in [0.29, 0.717) is 0 Å². The highest BCUT2D eigenvalue weighted by atomic mass is 16.1. The molecule has 14 heavy (non-hydrogen) atoms. The molecule has 0 fully saturated rings. The monoisotopic (exact) mass is 188 g/mol. The highest BCUT2D eigenvalue weighted by molar-refractivity contribution is 5.74. The molecule has 0 radical (unpaired) electrons. The van der Waals surface area contributed by atoms with Gasteiger partial charge in [0.1, 0.15) is 0 Å². The van der Waals surface area contributed by atoms with E-state index in [9.17, 15) is 4.79 Å². The highest BCUT2D eigenvalue weighted by Gasteiger charge is 2.05. The Morgan fingerprint density at radius 1 is 1.29 bits per heavy atom. The predicted molar refractivity (Wildman–Crippen MR) is 56.4 cm³/mol. The normalized spacial score (nSPS) is 11.1. The van der Waals surface area contributed by atoms with Gasteiger partial charge < -0.3 is 4.57 Å². The van der Waals surface area contributed by atoms with E-state index in [0.717, 1.165) is 11.0 Å². The molecule has 1 aromatic heterocycles. The quantitative estimate of drug-likeness (QED) is 0.685. The highest BCUT2D eigenvalue weighted by Crippen LogP contribution is 2.12. The van der Waals surface area contributed by atoms with Gasteiger partial charge in [0, 0.05) is 6.04 Å². The molecule has 0 spiro atoms. The van der Waals surface area contributed by atoms with E-state index in [-0.39, 0.29) is 11.6 Å². The summed E-state index contributed by atoms with van der Waals surface area (Å²) in [5.74, 6) is 0. The zero-order chi connectivity index (χ0) is 10.1. The number of hydrogen-bond acceptors (Lipinski definition) is 2. The van der Waals surface area contributed by atoms with E-state index >= 15 is 0 Å². The Kier molecular flexibility index (Phi) is 2.08. The zero-order valence-corrected chi connectivity index (χ0v) is 8.27. The van der Waals surface area contributed by atoms with E-state index in [2.05, 4.69) is 4.98 Å². The molecule has 0 N–H and O–H groups in total. The summed E-state index contributed by atoms with van der Waals surface area (Å²) in [4.78, 5) is 15.7. The van der Waals surface area contributed by atoms with Crippen molar-refractivity contribution in [3.63, 3.8) is 0 Å². The van der Waals surface area contributed by atoms with Crippen LogP contribution in [0, 0.1) is 0 Å². The summed E-state index contributed by atoms with van der Waals surface area (Å²) in [6.07, 6.45) is 1.38. The molecule has 0 atom stereocenters. The van der Waals surface area contributed by atoms with Gasteiger partial charge in [-0.1, -0.05) is 12.1 Å². The maximum absolute atomic E-state index is 11.6. The van der Waals surface area contributed by atoms with Crippen LogP contribution in [0.2, 0.25) is 0 Å². The van der Waals surface area contributed by atoms with Crippen molar-refractivity contribution in [3.8, 4) is 0 Å². The Bertz CT molecular complexity index is 514. The number of rotatable bonds is 1. The molecular formula is C11H12N2O. The second-order valence-electron chi connectivity index (χ2n) is 3.55. The van der Waals surface area contributed by atoms with Crippen LogP contribution in [0.15, 0.2) is 35.3 Å². The smallest absolute Gasteiger partial charge is 0.269 e. The minimum atomic E-state index is -0.0429. The molecule has 1 heterocycles. The Balaban J connectivity index is 2.90. The molecule has 0 amide bonds. The first-order chi connectivity index (χ1) is 6.70. The van der Waals surface area contributed by atoms with Crippen molar-refractivity contribution in [3.05, 3.63) is 40.8 Å².